The zero-order valence-corrected chi connectivity index (χ0v) is 62.0. The zero-order chi connectivity index (χ0) is 66.2. The molecule has 0 bridgehead atoms. The molecule has 0 rings (SSSR count). The van der Waals surface area contributed by atoms with Crippen LogP contribution in [-0.4, -0.2) is 70.0 Å². The molecule has 0 spiro atoms. The van der Waals surface area contributed by atoms with Crippen molar-refractivity contribution in [2.45, 2.75) is 399 Å². The minimum absolute atomic E-state index is 0.0312. The van der Waals surface area contributed by atoms with E-state index in [0.29, 0.717) is 17.4 Å². The van der Waals surface area contributed by atoms with Gasteiger partial charge in [0, 0.05) is 12.8 Å². The van der Waals surface area contributed by atoms with Gasteiger partial charge < -0.3 is 27.9 Å². The average molecular weight is 1300 g/mol. The smallest absolute Gasteiger partial charge is 0.306 e. The van der Waals surface area contributed by atoms with E-state index in [2.05, 4.69) is 74.6 Å². The number of ether oxygens (including phenoxy) is 2. The summed E-state index contributed by atoms with van der Waals surface area (Å²) in [6, 6.07) is 0. The Kier molecular flexibility index (Phi) is 70.2. The van der Waals surface area contributed by atoms with Gasteiger partial charge in [-0.3, -0.25) is 14.2 Å². The van der Waals surface area contributed by atoms with E-state index in [4.69, 9.17) is 18.5 Å². The van der Waals surface area contributed by atoms with E-state index in [0.717, 1.165) is 77.0 Å². The summed E-state index contributed by atoms with van der Waals surface area (Å²) in [5.41, 5.74) is 0. The lowest BCUT2D eigenvalue weighted by molar-refractivity contribution is -0.870. The van der Waals surface area contributed by atoms with Crippen molar-refractivity contribution in [2.24, 2.45) is 0 Å². The van der Waals surface area contributed by atoms with E-state index >= 15 is 0 Å². The van der Waals surface area contributed by atoms with Crippen molar-refractivity contribution in [3.63, 3.8) is 0 Å². The first-order valence-electron chi connectivity index (χ1n) is 39.5. The number of phosphoric acid groups is 1. The Morgan fingerprint density at radius 2 is 0.626 bits per heavy atom. The Morgan fingerprint density at radius 3 is 0.934 bits per heavy atom. The van der Waals surface area contributed by atoms with E-state index < -0.39 is 26.5 Å². The van der Waals surface area contributed by atoms with Crippen LogP contribution in [0.5, 0.6) is 0 Å². The van der Waals surface area contributed by atoms with Crippen molar-refractivity contribution in [3.05, 3.63) is 60.8 Å². The minimum atomic E-state index is -4.65. The summed E-state index contributed by atoms with van der Waals surface area (Å²) in [5.74, 6) is -0.820. The van der Waals surface area contributed by atoms with E-state index in [9.17, 15) is 19.0 Å². The summed E-state index contributed by atoms with van der Waals surface area (Å²) in [4.78, 5) is 38.1. The maximum atomic E-state index is 12.9. The molecule has 0 N–H and O–H groups in total. The number of allylic oxidation sites excluding steroid dienone is 10. The largest absolute Gasteiger partial charge is 0.756 e. The molecule has 0 saturated carbocycles. The topological polar surface area (TPSA) is 111 Å². The molecule has 0 saturated heterocycles. The third-order valence-corrected chi connectivity index (χ3v) is 18.8. The number of esters is 2. The molecule has 0 heterocycles. The van der Waals surface area contributed by atoms with Crippen molar-refractivity contribution in [1.82, 2.24) is 0 Å². The van der Waals surface area contributed by atoms with Crippen LogP contribution in [0.4, 0.5) is 0 Å². The summed E-state index contributed by atoms with van der Waals surface area (Å²) < 4.78 is 34.4. The van der Waals surface area contributed by atoms with Crippen molar-refractivity contribution in [2.75, 3.05) is 47.5 Å². The van der Waals surface area contributed by atoms with Gasteiger partial charge in [-0.25, -0.2) is 0 Å². The second kappa shape index (κ2) is 72.0. The number of phosphoric ester groups is 1. The molecule has 0 amide bonds. The summed E-state index contributed by atoms with van der Waals surface area (Å²) in [5, 5.41) is 0. The molecule has 534 valence electrons. The number of likely N-dealkylation sites (N-methyl/N-ethyl adjacent to an activating group) is 1. The molecule has 10 heteroatoms. The highest BCUT2D eigenvalue weighted by Gasteiger charge is 2.22. The molecule has 0 fully saturated rings. The molecule has 2 atom stereocenters. The first-order chi connectivity index (χ1) is 44.5. The fourth-order valence-corrected chi connectivity index (χ4v) is 12.5. The molecule has 0 aliphatic heterocycles. The van der Waals surface area contributed by atoms with E-state index in [1.807, 2.05) is 21.1 Å². The molecule has 9 nitrogen and oxygen atoms in total. The lowest BCUT2D eigenvalue weighted by Gasteiger charge is -2.28. The maximum Gasteiger partial charge on any atom is 0.306 e. The van der Waals surface area contributed by atoms with Gasteiger partial charge >= 0.3 is 11.9 Å². The van der Waals surface area contributed by atoms with Crippen LogP contribution in [0.15, 0.2) is 60.8 Å². The van der Waals surface area contributed by atoms with Gasteiger partial charge in [0.05, 0.1) is 27.7 Å². The molecule has 2 unspecified atom stereocenters. The van der Waals surface area contributed by atoms with Gasteiger partial charge in [0.25, 0.3) is 7.82 Å². The van der Waals surface area contributed by atoms with Crippen LogP contribution >= 0.6 is 7.82 Å². The summed E-state index contributed by atoms with van der Waals surface area (Å²) in [7, 11) is 1.18. The van der Waals surface area contributed by atoms with Gasteiger partial charge in [-0.15, -0.1) is 0 Å². The third kappa shape index (κ3) is 76.6. The monoisotopic (exact) mass is 1300 g/mol. The van der Waals surface area contributed by atoms with Gasteiger partial charge in [-0.05, 0) is 57.8 Å². The number of hydrogen-bond donors (Lipinski definition) is 0. The van der Waals surface area contributed by atoms with Crippen molar-refractivity contribution in [1.29, 1.82) is 0 Å². The standard InChI is InChI=1S/C81H152NO8P/c1-6-8-10-12-14-16-18-20-22-24-26-28-30-32-34-35-36-37-38-39-40-41-42-43-44-45-46-48-49-51-53-55-57-59-61-63-65-67-69-71-73-80(83)87-77-79(78-89-91(85,86)88-76-75-82(3,4)5)90-81(84)74-72-70-68-66-64-62-60-58-56-54-52-50-47-33-31-29-27-25-23-21-19-17-15-13-11-9-7-2/h9,11,15,17,21,23,27,29,33,47,79H,6-8,10,12-14,16,18-20,22,24-26,28,30-32,34-46,48-78H2,1-5H3/b11-9-,17-15-,23-21-,29-27-,47-33-. The summed E-state index contributed by atoms with van der Waals surface area (Å²) >= 11 is 0. The molecule has 0 aromatic rings. The number of carbonyl (C=O) groups excluding carboxylic acids is 2. The predicted molar refractivity (Wildman–Crippen MR) is 393 cm³/mol. The fraction of sp³-hybridized carbons (Fsp3) is 0.852. The van der Waals surface area contributed by atoms with Crippen LogP contribution in [0.1, 0.15) is 393 Å². The third-order valence-electron chi connectivity index (χ3n) is 17.8. The van der Waals surface area contributed by atoms with Crippen LogP contribution < -0.4 is 4.89 Å². The Labute approximate surface area is 566 Å². The Morgan fingerprint density at radius 1 is 0.352 bits per heavy atom. The highest BCUT2D eigenvalue weighted by atomic mass is 31.2. The van der Waals surface area contributed by atoms with Crippen LogP contribution in [0.3, 0.4) is 0 Å². The van der Waals surface area contributed by atoms with E-state index in [1.165, 1.54) is 283 Å². The SMILES string of the molecule is CC/C=C\C/C=C\C/C=C\C/C=C\C/C=C\CCCCCCCCCCCCCC(=O)OC(COC(=O)CCCCCCCCCCCCCCCCCCCCCCCCCCCCCCCCCCCCCCCCCC)COP(=O)([O-])OCC[N+](C)(C)C. The van der Waals surface area contributed by atoms with Crippen molar-refractivity contribution in [3.8, 4) is 0 Å². The molecular formula is C81H152NO8P. The summed E-state index contributed by atoms with van der Waals surface area (Å²) in [6.45, 7) is 4.19. The minimum Gasteiger partial charge on any atom is -0.756 e. The second-order valence-electron chi connectivity index (χ2n) is 28.1. The zero-order valence-electron chi connectivity index (χ0n) is 61.1. The van der Waals surface area contributed by atoms with Crippen molar-refractivity contribution >= 4 is 19.8 Å². The molecule has 0 radical (unpaired) electrons. The molecule has 0 aliphatic rings. The Bertz CT molecular complexity index is 1720. The number of rotatable bonds is 74. The molecule has 91 heavy (non-hydrogen) atoms. The highest BCUT2D eigenvalue weighted by molar-refractivity contribution is 7.45. The van der Waals surface area contributed by atoms with Gasteiger partial charge in [0.15, 0.2) is 6.10 Å². The quantitative estimate of drug-likeness (QED) is 0.0195. The van der Waals surface area contributed by atoms with Gasteiger partial charge in [-0.1, -0.05) is 383 Å². The van der Waals surface area contributed by atoms with Crippen molar-refractivity contribution < 1.29 is 42.1 Å². The van der Waals surface area contributed by atoms with Crippen LogP contribution in [0.2, 0.25) is 0 Å². The molecule has 0 aliphatic carbocycles. The first kappa shape index (κ1) is 88.7. The van der Waals surface area contributed by atoms with Gasteiger partial charge in [0.2, 0.25) is 0 Å². The highest BCUT2D eigenvalue weighted by Crippen LogP contribution is 2.38. The van der Waals surface area contributed by atoms with E-state index in [-0.39, 0.29) is 32.0 Å². The maximum absolute atomic E-state index is 12.9. The summed E-state index contributed by atoms with van der Waals surface area (Å²) in [6.07, 6.45) is 96.4. The average Bonchev–Trinajstić information content (AvgIpc) is 3.74. The second-order valence-corrected chi connectivity index (χ2v) is 29.5. The first-order valence-corrected chi connectivity index (χ1v) is 41.0. The number of nitrogens with zero attached hydrogens (tertiary/aromatic N) is 1. The Hall–Kier alpha value is -2.29. The van der Waals surface area contributed by atoms with Crippen LogP contribution in [0, 0.1) is 0 Å². The fourth-order valence-electron chi connectivity index (χ4n) is 11.8. The normalized spacial score (nSPS) is 13.3. The number of carbonyl (C=O) groups is 2. The number of hydrogen-bond acceptors (Lipinski definition) is 8. The predicted octanol–water partition coefficient (Wildman–Crippen LogP) is 25.5. The van der Waals surface area contributed by atoms with Gasteiger partial charge in [0.1, 0.15) is 19.8 Å². The van der Waals surface area contributed by atoms with Crippen LogP contribution in [0.25, 0.3) is 0 Å². The lowest BCUT2D eigenvalue weighted by atomic mass is 10.0. The van der Waals surface area contributed by atoms with Crippen LogP contribution in [-0.2, 0) is 32.7 Å². The number of quaternary nitrogens is 1. The lowest BCUT2D eigenvalue weighted by Crippen LogP contribution is -2.37. The number of unbranched alkanes of at least 4 members (excludes halogenated alkanes) is 50. The molecular weight excluding hydrogens is 1150 g/mol. The van der Waals surface area contributed by atoms with Gasteiger partial charge in [-0.2, -0.15) is 0 Å². The molecule has 0 aromatic carbocycles. The Balaban J connectivity index is 3.89. The van der Waals surface area contributed by atoms with E-state index in [1.54, 1.807) is 0 Å². The molecule has 0 aromatic heterocycles.